The summed E-state index contributed by atoms with van der Waals surface area (Å²) in [6.07, 6.45) is 5.04. The van der Waals surface area contributed by atoms with Gasteiger partial charge in [-0.2, -0.15) is 0 Å². The van der Waals surface area contributed by atoms with Crippen LogP contribution in [0.5, 0.6) is 0 Å². The number of hydrogen-bond acceptors (Lipinski definition) is 3. The zero-order valence-electron chi connectivity index (χ0n) is 9.56. The van der Waals surface area contributed by atoms with Crippen molar-refractivity contribution in [2.24, 2.45) is 0 Å². The number of imide groups is 1. The number of anilines is 1. The largest absolute Gasteiger partial charge is 0.324 e. The van der Waals surface area contributed by atoms with Gasteiger partial charge in [0.1, 0.15) is 6.04 Å². The van der Waals surface area contributed by atoms with Gasteiger partial charge in [-0.05, 0) is 12.1 Å². The summed E-state index contributed by atoms with van der Waals surface area (Å²) in [4.78, 5) is 29.4. The van der Waals surface area contributed by atoms with Crippen LogP contribution in [-0.4, -0.2) is 21.4 Å². The van der Waals surface area contributed by atoms with Gasteiger partial charge < -0.3 is 4.57 Å². The summed E-state index contributed by atoms with van der Waals surface area (Å²) in [5.41, 5.74) is 0.620. The van der Waals surface area contributed by atoms with Crippen molar-refractivity contribution in [1.82, 2.24) is 9.55 Å². The maximum Gasteiger partial charge on any atom is 0.257 e. The van der Waals surface area contributed by atoms with E-state index in [2.05, 4.69) is 4.98 Å². The van der Waals surface area contributed by atoms with Gasteiger partial charge in [-0.3, -0.25) is 9.59 Å². The van der Waals surface area contributed by atoms with Crippen molar-refractivity contribution in [3.8, 4) is 0 Å². The lowest BCUT2D eigenvalue weighted by molar-refractivity contribution is -0.122. The molecule has 1 aliphatic heterocycles. The second kappa shape index (κ2) is 4.10. The van der Waals surface area contributed by atoms with Crippen molar-refractivity contribution in [1.29, 1.82) is 0 Å². The maximum absolute atomic E-state index is 12.3. The molecule has 0 N–H and O–H groups in total. The van der Waals surface area contributed by atoms with E-state index in [1.54, 1.807) is 47.6 Å². The maximum atomic E-state index is 12.3. The van der Waals surface area contributed by atoms with Gasteiger partial charge in [0.25, 0.3) is 5.91 Å². The number of benzene rings is 1. The highest BCUT2D eigenvalue weighted by atomic mass is 16.2. The highest BCUT2D eigenvalue weighted by Gasteiger charge is 2.40. The van der Waals surface area contributed by atoms with Crippen LogP contribution in [0.15, 0.2) is 49.1 Å². The summed E-state index contributed by atoms with van der Waals surface area (Å²) in [7, 11) is 0. The van der Waals surface area contributed by atoms with Gasteiger partial charge in [0.05, 0.1) is 18.4 Å². The second-order valence-electron chi connectivity index (χ2n) is 4.13. The lowest BCUT2D eigenvalue weighted by Crippen LogP contribution is -2.30. The van der Waals surface area contributed by atoms with Crippen molar-refractivity contribution in [3.05, 3.63) is 49.1 Å². The number of rotatable bonds is 2. The highest BCUT2D eigenvalue weighted by molar-refractivity contribution is 6.21. The first kappa shape index (κ1) is 10.7. The summed E-state index contributed by atoms with van der Waals surface area (Å²) in [5.74, 6) is -0.380. The minimum absolute atomic E-state index is 0.176. The molecule has 2 heterocycles. The number of nitrogens with zero attached hydrogens (tertiary/aromatic N) is 3. The SMILES string of the molecule is O=C1C[C@H](n2ccnc2)C(=O)N1c1ccccc1. The van der Waals surface area contributed by atoms with Gasteiger partial charge in [-0.1, -0.05) is 18.2 Å². The summed E-state index contributed by atoms with van der Waals surface area (Å²) in [6.45, 7) is 0. The fraction of sp³-hybridized carbons (Fsp3) is 0.154. The lowest BCUT2D eigenvalue weighted by Gasteiger charge is -2.15. The Labute approximate surface area is 104 Å². The minimum atomic E-state index is -0.472. The number of carbonyl (C=O) groups is 2. The fourth-order valence-electron chi connectivity index (χ4n) is 2.15. The fourth-order valence-corrected chi connectivity index (χ4v) is 2.15. The third kappa shape index (κ3) is 1.60. The molecule has 3 rings (SSSR count). The molecule has 0 radical (unpaired) electrons. The normalized spacial score (nSPS) is 19.6. The van der Waals surface area contributed by atoms with Gasteiger partial charge in [-0.25, -0.2) is 9.88 Å². The molecule has 0 spiro atoms. The van der Waals surface area contributed by atoms with Crippen LogP contribution in [0.2, 0.25) is 0 Å². The van der Waals surface area contributed by atoms with Crippen LogP contribution in [0.25, 0.3) is 0 Å². The molecular formula is C13H11N3O2. The topological polar surface area (TPSA) is 55.2 Å². The van der Waals surface area contributed by atoms with Crippen LogP contribution >= 0.6 is 0 Å². The number of carbonyl (C=O) groups excluding carboxylic acids is 2. The van der Waals surface area contributed by atoms with Crippen LogP contribution in [0.1, 0.15) is 12.5 Å². The highest BCUT2D eigenvalue weighted by Crippen LogP contribution is 2.28. The number of aromatic nitrogens is 2. The average molecular weight is 241 g/mol. The summed E-state index contributed by atoms with van der Waals surface area (Å²) >= 11 is 0. The quantitative estimate of drug-likeness (QED) is 0.746. The molecule has 1 aromatic heterocycles. The van der Waals surface area contributed by atoms with Crippen LogP contribution in [0.4, 0.5) is 5.69 Å². The first-order valence-corrected chi connectivity index (χ1v) is 5.66. The molecule has 0 saturated carbocycles. The predicted octanol–water partition coefficient (Wildman–Crippen LogP) is 1.39. The molecule has 0 unspecified atom stereocenters. The Morgan fingerprint density at radius 3 is 2.61 bits per heavy atom. The average Bonchev–Trinajstić information content (AvgIpc) is 2.99. The van der Waals surface area contributed by atoms with Crippen molar-refractivity contribution in [2.75, 3.05) is 4.90 Å². The molecule has 90 valence electrons. The third-order valence-corrected chi connectivity index (χ3v) is 3.02. The lowest BCUT2D eigenvalue weighted by atomic mass is 10.2. The van der Waals surface area contributed by atoms with Gasteiger partial charge in [-0.15, -0.1) is 0 Å². The van der Waals surface area contributed by atoms with E-state index in [-0.39, 0.29) is 18.2 Å². The second-order valence-corrected chi connectivity index (χ2v) is 4.13. The van der Waals surface area contributed by atoms with Crippen LogP contribution in [-0.2, 0) is 9.59 Å². The Bertz CT molecular complexity index is 578. The van der Waals surface area contributed by atoms with E-state index in [0.29, 0.717) is 5.69 Å². The van der Waals surface area contributed by atoms with Crippen LogP contribution in [0, 0.1) is 0 Å². The molecule has 1 saturated heterocycles. The minimum Gasteiger partial charge on any atom is -0.324 e. The van der Waals surface area contributed by atoms with Crippen LogP contribution in [0.3, 0.4) is 0 Å². The van der Waals surface area contributed by atoms with Gasteiger partial charge in [0.15, 0.2) is 0 Å². The molecule has 2 amide bonds. The van der Waals surface area contributed by atoms with Gasteiger partial charge in [0, 0.05) is 12.4 Å². The van der Waals surface area contributed by atoms with E-state index in [1.165, 1.54) is 4.90 Å². The molecule has 0 bridgehead atoms. The van der Waals surface area contributed by atoms with Crippen molar-refractivity contribution in [3.63, 3.8) is 0 Å². The summed E-state index contributed by atoms with van der Waals surface area (Å²) in [6, 6.07) is 8.50. The standard InChI is InChI=1S/C13H11N3O2/c17-12-8-11(15-7-6-14-9-15)13(18)16(12)10-4-2-1-3-5-10/h1-7,9,11H,8H2/t11-/m0/s1. The molecule has 5 nitrogen and oxygen atoms in total. The Balaban J connectivity index is 1.95. The molecule has 1 atom stereocenters. The van der Waals surface area contributed by atoms with Crippen molar-refractivity contribution in [2.45, 2.75) is 12.5 Å². The summed E-state index contributed by atoms with van der Waals surface area (Å²) < 4.78 is 1.67. The molecule has 2 aromatic rings. The monoisotopic (exact) mass is 241 g/mol. The molecule has 1 aliphatic rings. The number of para-hydroxylation sites is 1. The molecule has 5 heteroatoms. The van der Waals surface area contributed by atoms with Crippen LogP contribution < -0.4 is 4.90 Å². The third-order valence-electron chi connectivity index (χ3n) is 3.02. The van der Waals surface area contributed by atoms with E-state index in [4.69, 9.17) is 0 Å². The Kier molecular flexibility index (Phi) is 2.44. The summed E-state index contributed by atoms with van der Waals surface area (Å²) in [5, 5.41) is 0. The first-order chi connectivity index (χ1) is 8.77. The van der Waals surface area contributed by atoms with E-state index in [9.17, 15) is 9.59 Å². The molecule has 1 fully saturated rings. The van der Waals surface area contributed by atoms with Gasteiger partial charge in [0.2, 0.25) is 5.91 Å². The number of hydrogen-bond donors (Lipinski definition) is 0. The molecule has 18 heavy (non-hydrogen) atoms. The van der Waals surface area contributed by atoms with Gasteiger partial charge >= 0.3 is 0 Å². The smallest absolute Gasteiger partial charge is 0.257 e. The Morgan fingerprint density at radius 1 is 1.17 bits per heavy atom. The van der Waals surface area contributed by atoms with Crippen molar-refractivity contribution >= 4 is 17.5 Å². The number of imidazole rings is 1. The Hall–Kier alpha value is -2.43. The zero-order chi connectivity index (χ0) is 12.5. The first-order valence-electron chi connectivity index (χ1n) is 5.66. The molecule has 1 aromatic carbocycles. The zero-order valence-corrected chi connectivity index (χ0v) is 9.56. The van der Waals surface area contributed by atoms with E-state index in [0.717, 1.165) is 0 Å². The van der Waals surface area contributed by atoms with E-state index >= 15 is 0 Å². The van der Waals surface area contributed by atoms with E-state index < -0.39 is 6.04 Å². The number of amides is 2. The molecular weight excluding hydrogens is 230 g/mol. The Morgan fingerprint density at radius 2 is 1.94 bits per heavy atom. The predicted molar refractivity (Wildman–Crippen MR) is 64.8 cm³/mol. The molecule has 0 aliphatic carbocycles. The van der Waals surface area contributed by atoms with Crippen molar-refractivity contribution < 1.29 is 9.59 Å². The van der Waals surface area contributed by atoms with E-state index in [1.807, 2.05) is 6.07 Å².